The average molecular weight is 376 g/mol. The molecular formula is C14H28Cl2NO4P. The van der Waals surface area contributed by atoms with Gasteiger partial charge in [0.15, 0.2) is 4.33 Å². The van der Waals surface area contributed by atoms with E-state index >= 15 is 0 Å². The van der Waals surface area contributed by atoms with Crippen LogP contribution in [0.5, 0.6) is 0 Å². The van der Waals surface area contributed by atoms with Crippen molar-refractivity contribution in [1.29, 1.82) is 0 Å². The molecule has 0 aromatic rings. The summed E-state index contributed by atoms with van der Waals surface area (Å²) in [5.74, 6) is 0.00933. The van der Waals surface area contributed by atoms with Crippen molar-refractivity contribution >= 4 is 36.8 Å². The monoisotopic (exact) mass is 375 g/mol. The first-order valence-corrected chi connectivity index (χ1v) is 10.1. The van der Waals surface area contributed by atoms with Crippen LogP contribution < -0.4 is 0 Å². The highest BCUT2D eigenvalue weighted by Gasteiger charge is 2.36. The lowest BCUT2D eigenvalue weighted by Crippen LogP contribution is -2.29. The summed E-state index contributed by atoms with van der Waals surface area (Å²) in [4.78, 5) is 0. The van der Waals surface area contributed by atoms with E-state index in [2.05, 4.69) is 4.76 Å². The molecule has 0 rings (SSSR count). The maximum atomic E-state index is 12.7. The van der Waals surface area contributed by atoms with Gasteiger partial charge in [-0.3, -0.25) is 9.05 Å². The quantitative estimate of drug-likeness (QED) is 0.188. The van der Waals surface area contributed by atoms with E-state index < -0.39 is 12.1 Å². The van der Waals surface area contributed by atoms with Gasteiger partial charge in [0.1, 0.15) is 0 Å². The molecule has 0 saturated carbocycles. The summed E-state index contributed by atoms with van der Waals surface area (Å²) < 4.78 is 31.6. The maximum Gasteiger partial charge on any atom is 0.456 e. The molecule has 0 aliphatic heterocycles. The molecule has 0 aromatic carbocycles. The number of alkyl halides is 2. The van der Waals surface area contributed by atoms with Crippen LogP contribution in [0.15, 0.2) is 4.76 Å². The van der Waals surface area contributed by atoms with E-state index in [1.807, 2.05) is 27.7 Å². The van der Waals surface area contributed by atoms with E-state index in [4.69, 9.17) is 37.0 Å². The Morgan fingerprint density at radius 2 is 1.45 bits per heavy atom. The molecule has 0 saturated heterocycles. The highest BCUT2D eigenvalue weighted by molar-refractivity contribution is 7.52. The molecule has 132 valence electrons. The molecule has 0 heterocycles. The first kappa shape index (κ1) is 22.2. The minimum atomic E-state index is -3.67. The molecule has 5 nitrogen and oxygen atoms in total. The summed E-state index contributed by atoms with van der Waals surface area (Å²) >= 11 is 12.6. The van der Waals surface area contributed by atoms with Crippen LogP contribution in [0.4, 0.5) is 0 Å². The van der Waals surface area contributed by atoms with Gasteiger partial charge in [-0.15, -0.1) is 4.76 Å². The van der Waals surface area contributed by atoms with Crippen LogP contribution in [0.3, 0.4) is 0 Å². The highest BCUT2D eigenvalue weighted by atomic mass is 35.5. The third kappa shape index (κ3) is 8.73. The Hall–Kier alpha value is 0.200. The number of nitrogens with zero attached hydrogens (tertiary/aromatic N) is 1. The van der Waals surface area contributed by atoms with Gasteiger partial charge < -0.3 is 4.74 Å². The lowest BCUT2D eigenvalue weighted by atomic mass is 10.2. The van der Waals surface area contributed by atoms with E-state index in [0.29, 0.717) is 25.9 Å². The Balaban J connectivity index is 5.39. The Kier molecular flexibility index (Phi) is 11.8. The number of ether oxygens (including phenoxy) is 1. The summed E-state index contributed by atoms with van der Waals surface area (Å²) in [7, 11) is -3.67. The second-order valence-corrected chi connectivity index (χ2v) is 7.98. The average Bonchev–Trinajstić information content (AvgIpc) is 2.47. The SMILES string of the molecule is CCCOC(=NP(=O)(OCCC)OCCC)C(Cl)(Cl)CCC. The minimum absolute atomic E-state index is 0.00933. The molecule has 0 N–H and O–H groups in total. The predicted octanol–water partition coefficient (Wildman–Crippen LogP) is 5.75. The molecule has 0 amide bonds. The van der Waals surface area contributed by atoms with Gasteiger partial charge >= 0.3 is 7.75 Å². The van der Waals surface area contributed by atoms with Crippen LogP contribution in [0, 0.1) is 0 Å². The first-order valence-electron chi connectivity index (χ1n) is 7.85. The Morgan fingerprint density at radius 3 is 1.86 bits per heavy atom. The van der Waals surface area contributed by atoms with Crippen LogP contribution in [0.1, 0.15) is 59.8 Å². The van der Waals surface area contributed by atoms with Crippen molar-refractivity contribution in [3.05, 3.63) is 0 Å². The number of rotatable bonds is 12. The molecule has 0 aromatic heterocycles. The van der Waals surface area contributed by atoms with E-state index in [1.54, 1.807) is 0 Å². The van der Waals surface area contributed by atoms with Gasteiger partial charge in [-0.25, -0.2) is 4.57 Å². The minimum Gasteiger partial charge on any atom is -0.478 e. The Labute approximate surface area is 144 Å². The lowest BCUT2D eigenvalue weighted by Gasteiger charge is -2.23. The lowest BCUT2D eigenvalue weighted by molar-refractivity contribution is 0.203. The Morgan fingerprint density at radius 1 is 0.955 bits per heavy atom. The first-order chi connectivity index (χ1) is 10.3. The van der Waals surface area contributed by atoms with Crippen molar-refractivity contribution in [2.24, 2.45) is 4.76 Å². The normalized spacial score (nSPS) is 13.5. The van der Waals surface area contributed by atoms with Gasteiger partial charge in [0.05, 0.1) is 19.8 Å². The molecular weight excluding hydrogens is 348 g/mol. The number of hydrogen-bond acceptors (Lipinski definition) is 4. The topological polar surface area (TPSA) is 57.1 Å². The molecule has 8 heteroatoms. The van der Waals surface area contributed by atoms with Gasteiger partial charge in [0.25, 0.3) is 0 Å². The standard InChI is InChI=1S/C14H28Cl2NO4P/c1-5-9-14(15,16)13(19-10-6-2)17-22(18,20-11-7-3)21-12-8-4/h5-12H2,1-4H3. The predicted molar refractivity (Wildman–Crippen MR) is 93.1 cm³/mol. The van der Waals surface area contributed by atoms with Crippen LogP contribution in [0.2, 0.25) is 0 Å². The van der Waals surface area contributed by atoms with Gasteiger partial charge in [-0.2, -0.15) is 0 Å². The molecule has 0 spiro atoms. The third-order valence-corrected chi connectivity index (χ3v) is 4.60. The van der Waals surface area contributed by atoms with E-state index in [-0.39, 0.29) is 19.1 Å². The van der Waals surface area contributed by atoms with Crippen molar-refractivity contribution in [2.45, 2.75) is 64.1 Å². The van der Waals surface area contributed by atoms with Crippen LogP contribution in [0.25, 0.3) is 0 Å². The molecule has 0 aliphatic carbocycles. The second-order valence-electron chi connectivity index (χ2n) is 4.84. The molecule has 0 atom stereocenters. The summed E-state index contributed by atoms with van der Waals surface area (Å²) in [5, 5.41) is 0. The van der Waals surface area contributed by atoms with Crippen molar-refractivity contribution in [3.63, 3.8) is 0 Å². The second kappa shape index (κ2) is 11.7. The fourth-order valence-corrected chi connectivity index (χ4v) is 3.60. The number of halogens is 2. The van der Waals surface area contributed by atoms with Crippen LogP contribution in [-0.2, 0) is 18.3 Å². The Bertz CT molecular complexity index is 366. The van der Waals surface area contributed by atoms with Crippen molar-refractivity contribution in [2.75, 3.05) is 19.8 Å². The maximum absolute atomic E-state index is 12.7. The smallest absolute Gasteiger partial charge is 0.456 e. The molecule has 0 fully saturated rings. The zero-order valence-corrected chi connectivity index (χ0v) is 16.3. The zero-order valence-electron chi connectivity index (χ0n) is 13.9. The van der Waals surface area contributed by atoms with E-state index in [9.17, 15) is 4.57 Å². The van der Waals surface area contributed by atoms with Gasteiger partial charge in [-0.1, -0.05) is 57.3 Å². The van der Waals surface area contributed by atoms with Gasteiger partial charge in [-0.05, 0) is 25.7 Å². The fraction of sp³-hybridized carbons (Fsp3) is 0.929. The largest absolute Gasteiger partial charge is 0.478 e. The van der Waals surface area contributed by atoms with E-state index in [1.165, 1.54) is 0 Å². The molecule has 0 radical (unpaired) electrons. The molecule has 22 heavy (non-hydrogen) atoms. The van der Waals surface area contributed by atoms with Crippen LogP contribution in [-0.4, -0.2) is 30.1 Å². The van der Waals surface area contributed by atoms with Crippen molar-refractivity contribution in [1.82, 2.24) is 0 Å². The summed E-state index contributed by atoms with van der Waals surface area (Å²) in [6.07, 6.45) is 3.31. The van der Waals surface area contributed by atoms with Gasteiger partial charge in [0.2, 0.25) is 5.90 Å². The highest BCUT2D eigenvalue weighted by Crippen LogP contribution is 2.51. The number of hydrogen-bond donors (Lipinski definition) is 0. The fourth-order valence-electron chi connectivity index (χ4n) is 1.45. The third-order valence-electron chi connectivity index (χ3n) is 2.45. The zero-order chi connectivity index (χ0) is 17.1. The van der Waals surface area contributed by atoms with Crippen molar-refractivity contribution in [3.8, 4) is 0 Å². The van der Waals surface area contributed by atoms with E-state index in [0.717, 1.165) is 12.8 Å². The van der Waals surface area contributed by atoms with Gasteiger partial charge in [0, 0.05) is 0 Å². The van der Waals surface area contributed by atoms with Crippen LogP contribution >= 0.6 is 30.9 Å². The molecule has 0 bridgehead atoms. The van der Waals surface area contributed by atoms with Crippen molar-refractivity contribution < 1.29 is 18.3 Å². The summed E-state index contributed by atoms with van der Waals surface area (Å²) in [6.45, 7) is 8.64. The summed E-state index contributed by atoms with van der Waals surface area (Å²) in [5.41, 5.74) is 0. The summed E-state index contributed by atoms with van der Waals surface area (Å²) in [6, 6.07) is 0. The molecule has 0 unspecified atom stereocenters. The molecule has 0 aliphatic rings.